The minimum Gasteiger partial charge on any atom is -0.459 e. The van der Waals surface area contributed by atoms with Gasteiger partial charge in [-0.05, 0) is 32.3 Å². The number of esters is 1. The van der Waals surface area contributed by atoms with Crippen molar-refractivity contribution in [2.75, 3.05) is 6.61 Å². The Labute approximate surface area is 120 Å². The summed E-state index contributed by atoms with van der Waals surface area (Å²) in [5, 5.41) is 0. The molecule has 0 N–H and O–H groups in total. The summed E-state index contributed by atoms with van der Waals surface area (Å²) in [4.78, 5) is 11.9. The molecule has 4 nitrogen and oxygen atoms in total. The van der Waals surface area contributed by atoms with Crippen LogP contribution in [0.3, 0.4) is 0 Å². The molecule has 1 saturated heterocycles. The molecule has 0 radical (unpaired) electrons. The quantitative estimate of drug-likeness (QED) is 0.777. The van der Waals surface area contributed by atoms with Gasteiger partial charge in [-0.1, -0.05) is 30.3 Å². The molecule has 1 fully saturated rings. The molecule has 2 rings (SSSR count). The third-order valence-corrected chi connectivity index (χ3v) is 3.19. The summed E-state index contributed by atoms with van der Waals surface area (Å²) in [5.41, 5.74) is 0.984. The maximum Gasteiger partial charge on any atom is 0.335 e. The maximum absolute atomic E-state index is 11.9. The van der Waals surface area contributed by atoms with Crippen molar-refractivity contribution in [3.63, 3.8) is 0 Å². The van der Waals surface area contributed by atoms with Gasteiger partial charge >= 0.3 is 5.97 Å². The summed E-state index contributed by atoms with van der Waals surface area (Å²) in [6.07, 6.45) is 1.32. The van der Waals surface area contributed by atoms with Gasteiger partial charge in [0.25, 0.3) is 0 Å². The predicted octanol–water partition coefficient (Wildman–Crippen LogP) is 2.70. The number of rotatable bonds is 5. The summed E-state index contributed by atoms with van der Waals surface area (Å²) in [7, 11) is 0. The average molecular weight is 278 g/mol. The minimum atomic E-state index is -0.453. The normalized spacial score (nSPS) is 22.8. The van der Waals surface area contributed by atoms with Crippen LogP contribution in [-0.4, -0.2) is 30.9 Å². The number of carbonyl (C=O) groups excluding carboxylic acids is 1. The summed E-state index contributed by atoms with van der Waals surface area (Å²) < 4.78 is 16.5. The van der Waals surface area contributed by atoms with Gasteiger partial charge in [-0.2, -0.15) is 0 Å². The maximum atomic E-state index is 11.9. The molecule has 20 heavy (non-hydrogen) atoms. The van der Waals surface area contributed by atoms with Gasteiger partial charge in [0.15, 0.2) is 6.10 Å². The molecule has 0 aliphatic carbocycles. The van der Waals surface area contributed by atoms with Crippen LogP contribution < -0.4 is 0 Å². The Balaban J connectivity index is 1.72. The molecule has 2 atom stereocenters. The van der Waals surface area contributed by atoms with Gasteiger partial charge in [-0.15, -0.1) is 0 Å². The molecule has 1 aromatic rings. The van der Waals surface area contributed by atoms with Crippen molar-refractivity contribution >= 4 is 5.97 Å². The topological polar surface area (TPSA) is 44.8 Å². The van der Waals surface area contributed by atoms with E-state index in [4.69, 9.17) is 14.2 Å². The number of benzene rings is 1. The molecular weight excluding hydrogens is 256 g/mol. The molecule has 1 aliphatic heterocycles. The fraction of sp³-hybridized carbons (Fsp3) is 0.562. The zero-order valence-corrected chi connectivity index (χ0v) is 12.1. The van der Waals surface area contributed by atoms with Gasteiger partial charge < -0.3 is 14.2 Å². The van der Waals surface area contributed by atoms with Crippen molar-refractivity contribution in [3.8, 4) is 0 Å². The Hall–Kier alpha value is -1.39. The lowest BCUT2D eigenvalue weighted by molar-refractivity contribution is -0.169. The zero-order chi connectivity index (χ0) is 14.4. The number of carbonyl (C=O) groups is 1. The standard InChI is InChI=1S/C16H22O4/c1-12(2)20-14-8-9-15(18-11-14)16(17)19-10-13-6-4-3-5-7-13/h3-7,12,14-15H,8-11H2,1-2H3. The summed E-state index contributed by atoms with van der Waals surface area (Å²) >= 11 is 0. The molecule has 0 aromatic heterocycles. The largest absolute Gasteiger partial charge is 0.459 e. The van der Waals surface area contributed by atoms with E-state index in [0.717, 1.165) is 12.0 Å². The molecular formula is C16H22O4. The van der Waals surface area contributed by atoms with E-state index in [0.29, 0.717) is 19.6 Å². The lowest BCUT2D eigenvalue weighted by atomic mass is 10.1. The van der Waals surface area contributed by atoms with Gasteiger partial charge in [-0.25, -0.2) is 4.79 Å². The first-order valence-electron chi connectivity index (χ1n) is 7.13. The SMILES string of the molecule is CC(C)OC1CCC(C(=O)OCc2ccccc2)OC1. The molecule has 0 saturated carbocycles. The molecule has 0 amide bonds. The first-order chi connectivity index (χ1) is 9.65. The van der Waals surface area contributed by atoms with Gasteiger partial charge in [0, 0.05) is 0 Å². The van der Waals surface area contributed by atoms with Crippen LogP contribution in [0.5, 0.6) is 0 Å². The summed E-state index contributed by atoms with van der Waals surface area (Å²) in [6, 6.07) is 9.65. The highest BCUT2D eigenvalue weighted by Crippen LogP contribution is 2.18. The van der Waals surface area contributed by atoms with Crippen LogP contribution in [0.2, 0.25) is 0 Å². The van der Waals surface area contributed by atoms with Crippen molar-refractivity contribution < 1.29 is 19.0 Å². The molecule has 110 valence electrons. The second-order valence-electron chi connectivity index (χ2n) is 5.30. The van der Waals surface area contributed by atoms with E-state index < -0.39 is 6.10 Å². The number of ether oxygens (including phenoxy) is 3. The predicted molar refractivity (Wildman–Crippen MR) is 75.2 cm³/mol. The van der Waals surface area contributed by atoms with Gasteiger partial charge in [0.1, 0.15) is 6.61 Å². The Morgan fingerprint density at radius 1 is 1.30 bits per heavy atom. The molecule has 2 unspecified atom stereocenters. The fourth-order valence-electron chi connectivity index (χ4n) is 2.23. The van der Waals surface area contributed by atoms with Crippen LogP contribution >= 0.6 is 0 Å². The van der Waals surface area contributed by atoms with Crippen molar-refractivity contribution in [1.29, 1.82) is 0 Å². The molecule has 1 aromatic carbocycles. The van der Waals surface area contributed by atoms with Gasteiger partial charge in [0.2, 0.25) is 0 Å². The van der Waals surface area contributed by atoms with Crippen LogP contribution in [0, 0.1) is 0 Å². The third kappa shape index (κ3) is 4.62. The zero-order valence-electron chi connectivity index (χ0n) is 12.1. The smallest absolute Gasteiger partial charge is 0.335 e. The highest BCUT2D eigenvalue weighted by Gasteiger charge is 2.29. The summed E-state index contributed by atoms with van der Waals surface area (Å²) in [6.45, 7) is 4.76. The van der Waals surface area contributed by atoms with Crippen LogP contribution in [-0.2, 0) is 25.6 Å². The van der Waals surface area contributed by atoms with Crippen molar-refractivity contribution in [3.05, 3.63) is 35.9 Å². The number of hydrogen-bond acceptors (Lipinski definition) is 4. The lowest BCUT2D eigenvalue weighted by Gasteiger charge is -2.29. The Morgan fingerprint density at radius 3 is 2.65 bits per heavy atom. The van der Waals surface area contributed by atoms with E-state index in [1.54, 1.807) is 0 Å². The highest BCUT2D eigenvalue weighted by atomic mass is 16.6. The molecule has 4 heteroatoms. The first-order valence-corrected chi connectivity index (χ1v) is 7.13. The first kappa shape index (κ1) is 15.0. The Bertz CT molecular complexity index is 408. The van der Waals surface area contributed by atoms with Crippen molar-refractivity contribution in [2.24, 2.45) is 0 Å². The van der Waals surface area contributed by atoms with Gasteiger partial charge in [0.05, 0.1) is 18.8 Å². The van der Waals surface area contributed by atoms with Crippen LogP contribution in [0.1, 0.15) is 32.3 Å². The second kappa shape index (κ2) is 7.41. The molecule has 0 spiro atoms. The number of hydrogen-bond donors (Lipinski definition) is 0. The van der Waals surface area contributed by atoms with E-state index in [1.165, 1.54) is 0 Å². The summed E-state index contributed by atoms with van der Waals surface area (Å²) in [5.74, 6) is -0.281. The Kier molecular flexibility index (Phi) is 5.56. The van der Waals surface area contributed by atoms with Crippen LogP contribution in [0.15, 0.2) is 30.3 Å². The van der Waals surface area contributed by atoms with Crippen LogP contribution in [0.4, 0.5) is 0 Å². The van der Waals surface area contributed by atoms with E-state index in [1.807, 2.05) is 44.2 Å². The van der Waals surface area contributed by atoms with E-state index in [-0.39, 0.29) is 18.2 Å². The molecule has 0 bridgehead atoms. The lowest BCUT2D eigenvalue weighted by Crippen LogP contribution is -2.37. The molecule has 1 heterocycles. The molecule has 1 aliphatic rings. The van der Waals surface area contributed by atoms with Crippen molar-refractivity contribution in [2.45, 2.75) is 51.6 Å². The van der Waals surface area contributed by atoms with Gasteiger partial charge in [-0.3, -0.25) is 0 Å². The van der Waals surface area contributed by atoms with E-state index in [2.05, 4.69) is 0 Å². The van der Waals surface area contributed by atoms with Crippen molar-refractivity contribution in [1.82, 2.24) is 0 Å². The Morgan fingerprint density at radius 2 is 2.05 bits per heavy atom. The average Bonchev–Trinajstić information content (AvgIpc) is 2.46. The monoisotopic (exact) mass is 278 g/mol. The third-order valence-electron chi connectivity index (χ3n) is 3.19. The highest BCUT2D eigenvalue weighted by molar-refractivity contribution is 5.74. The second-order valence-corrected chi connectivity index (χ2v) is 5.30. The van der Waals surface area contributed by atoms with Crippen LogP contribution in [0.25, 0.3) is 0 Å². The van der Waals surface area contributed by atoms with E-state index >= 15 is 0 Å². The minimum absolute atomic E-state index is 0.0909. The fourth-order valence-corrected chi connectivity index (χ4v) is 2.23. The van der Waals surface area contributed by atoms with E-state index in [9.17, 15) is 4.79 Å².